The lowest BCUT2D eigenvalue weighted by Crippen LogP contribution is -2.17. The predicted molar refractivity (Wildman–Crippen MR) is 64.6 cm³/mol. The Morgan fingerprint density at radius 1 is 1.53 bits per heavy atom. The highest BCUT2D eigenvalue weighted by Crippen LogP contribution is 2.17. The van der Waals surface area contributed by atoms with Gasteiger partial charge in [-0.3, -0.25) is 4.68 Å². The second-order valence-electron chi connectivity index (χ2n) is 3.72. The number of alkyl halides is 1. The molecule has 0 bridgehead atoms. The molecular formula is C10H17Cl2N3. The van der Waals surface area contributed by atoms with E-state index in [2.05, 4.69) is 10.4 Å². The van der Waals surface area contributed by atoms with E-state index in [1.807, 2.05) is 20.9 Å². The molecule has 0 aliphatic heterocycles. The van der Waals surface area contributed by atoms with Crippen molar-refractivity contribution >= 4 is 23.2 Å². The zero-order valence-corrected chi connectivity index (χ0v) is 10.9. The third-order valence-corrected chi connectivity index (χ3v) is 2.98. The zero-order valence-electron chi connectivity index (χ0n) is 9.35. The summed E-state index contributed by atoms with van der Waals surface area (Å²) in [6, 6.07) is 0. The molecule has 0 aromatic carbocycles. The zero-order chi connectivity index (χ0) is 11.4. The van der Waals surface area contributed by atoms with Crippen LogP contribution in [0.25, 0.3) is 0 Å². The monoisotopic (exact) mass is 249 g/mol. The Morgan fingerprint density at radius 2 is 2.20 bits per heavy atom. The van der Waals surface area contributed by atoms with Crippen LogP contribution in [0, 0.1) is 6.92 Å². The highest BCUT2D eigenvalue weighted by atomic mass is 35.5. The number of nitrogens with zero attached hydrogens (tertiary/aromatic N) is 2. The van der Waals surface area contributed by atoms with Crippen LogP contribution < -0.4 is 5.32 Å². The lowest BCUT2D eigenvalue weighted by atomic mass is 10.2. The van der Waals surface area contributed by atoms with Crippen molar-refractivity contribution in [2.24, 2.45) is 7.05 Å². The number of aryl methyl sites for hydroxylation is 2. The quantitative estimate of drug-likeness (QED) is 0.642. The van der Waals surface area contributed by atoms with Gasteiger partial charge in [0.25, 0.3) is 0 Å². The predicted octanol–water partition coefficient (Wildman–Crippen LogP) is 2.49. The van der Waals surface area contributed by atoms with Crippen LogP contribution in [0.15, 0.2) is 0 Å². The maximum atomic E-state index is 6.09. The molecule has 1 atom stereocenters. The molecule has 3 nitrogen and oxygen atoms in total. The molecule has 0 radical (unpaired) electrons. The van der Waals surface area contributed by atoms with Gasteiger partial charge in [-0.05, 0) is 26.8 Å². The average molecular weight is 250 g/mol. The van der Waals surface area contributed by atoms with Crippen LogP contribution in [0.4, 0.5) is 0 Å². The summed E-state index contributed by atoms with van der Waals surface area (Å²) in [5, 5.41) is 8.47. The minimum atomic E-state index is 0.211. The molecule has 1 rings (SSSR count). The van der Waals surface area contributed by atoms with Crippen molar-refractivity contribution in [2.75, 3.05) is 6.54 Å². The Hall–Kier alpha value is -0.250. The van der Waals surface area contributed by atoms with Gasteiger partial charge in [-0.2, -0.15) is 5.10 Å². The smallest absolute Gasteiger partial charge is 0.131 e. The summed E-state index contributed by atoms with van der Waals surface area (Å²) in [5.74, 6) is 0. The first-order valence-electron chi connectivity index (χ1n) is 5.05. The number of hydrogen-bond acceptors (Lipinski definition) is 2. The van der Waals surface area contributed by atoms with Crippen LogP contribution in [0.3, 0.4) is 0 Å². The molecule has 0 saturated heterocycles. The summed E-state index contributed by atoms with van der Waals surface area (Å²) >= 11 is 11.9. The van der Waals surface area contributed by atoms with Crippen LogP contribution in [0.1, 0.15) is 24.6 Å². The van der Waals surface area contributed by atoms with Gasteiger partial charge in [-0.1, -0.05) is 11.6 Å². The van der Waals surface area contributed by atoms with E-state index in [9.17, 15) is 0 Å². The highest BCUT2D eigenvalue weighted by Gasteiger charge is 2.10. The standard InChI is InChI=1S/C10H17Cl2N3/c1-7(11)4-5-13-6-9-8(2)14-15(3)10(9)12/h7,13H,4-6H2,1-3H3. The Labute approximate surface area is 101 Å². The Kier molecular flexibility index (Phi) is 4.90. The van der Waals surface area contributed by atoms with Gasteiger partial charge in [0.05, 0.1) is 5.69 Å². The molecule has 0 saturated carbocycles. The molecule has 1 heterocycles. The van der Waals surface area contributed by atoms with Gasteiger partial charge >= 0.3 is 0 Å². The summed E-state index contributed by atoms with van der Waals surface area (Å²) < 4.78 is 1.69. The highest BCUT2D eigenvalue weighted by molar-refractivity contribution is 6.30. The number of hydrogen-bond donors (Lipinski definition) is 1. The van der Waals surface area contributed by atoms with E-state index in [0.29, 0.717) is 5.15 Å². The molecule has 86 valence electrons. The van der Waals surface area contributed by atoms with E-state index in [1.54, 1.807) is 4.68 Å². The van der Waals surface area contributed by atoms with Gasteiger partial charge in [0.1, 0.15) is 5.15 Å². The molecule has 0 fully saturated rings. The van der Waals surface area contributed by atoms with Crippen LogP contribution in [-0.4, -0.2) is 21.7 Å². The molecule has 1 unspecified atom stereocenters. The van der Waals surface area contributed by atoms with E-state index in [1.165, 1.54) is 0 Å². The van der Waals surface area contributed by atoms with Crippen LogP contribution in [0.5, 0.6) is 0 Å². The van der Waals surface area contributed by atoms with E-state index < -0.39 is 0 Å². The fourth-order valence-corrected chi connectivity index (χ4v) is 1.74. The molecule has 5 heteroatoms. The van der Waals surface area contributed by atoms with Gasteiger partial charge in [0.2, 0.25) is 0 Å². The number of halogens is 2. The SMILES string of the molecule is Cc1nn(C)c(Cl)c1CNCCC(C)Cl. The van der Waals surface area contributed by atoms with Gasteiger partial charge in [0.15, 0.2) is 0 Å². The van der Waals surface area contributed by atoms with Gasteiger partial charge in [0, 0.05) is 24.5 Å². The van der Waals surface area contributed by atoms with Crippen molar-refractivity contribution < 1.29 is 0 Å². The van der Waals surface area contributed by atoms with Crippen molar-refractivity contribution in [1.29, 1.82) is 0 Å². The van der Waals surface area contributed by atoms with Gasteiger partial charge in [-0.25, -0.2) is 0 Å². The minimum Gasteiger partial charge on any atom is -0.312 e. The average Bonchev–Trinajstić information content (AvgIpc) is 2.37. The second-order valence-corrected chi connectivity index (χ2v) is 4.83. The van der Waals surface area contributed by atoms with E-state index in [-0.39, 0.29) is 5.38 Å². The van der Waals surface area contributed by atoms with Crippen molar-refractivity contribution in [3.63, 3.8) is 0 Å². The van der Waals surface area contributed by atoms with E-state index in [0.717, 1.165) is 30.8 Å². The van der Waals surface area contributed by atoms with E-state index >= 15 is 0 Å². The normalized spacial score (nSPS) is 13.1. The van der Waals surface area contributed by atoms with Crippen molar-refractivity contribution in [3.8, 4) is 0 Å². The van der Waals surface area contributed by atoms with Crippen LogP contribution in [0.2, 0.25) is 5.15 Å². The minimum absolute atomic E-state index is 0.211. The lowest BCUT2D eigenvalue weighted by molar-refractivity contribution is 0.643. The topological polar surface area (TPSA) is 29.9 Å². The van der Waals surface area contributed by atoms with E-state index in [4.69, 9.17) is 23.2 Å². The Morgan fingerprint density at radius 3 is 2.67 bits per heavy atom. The first-order chi connectivity index (χ1) is 7.02. The molecule has 15 heavy (non-hydrogen) atoms. The molecule has 1 aromatic rings. The molecule has 0 amide bonds. The fourth-order valence-electron chi connectivity index (χ4n) is 1.39. The Balaban J connectivity index is 2.44. The fraction of sp³-hybridized carbons (Fsp3) is 0.700. The molecule has 0 aliphatic carbocycles. The summed E-state index contributed by atoms with van der Waals surface area (Å²) in [4.78, 5) is 0. The summed E-state index contributed by atoms with van der Waals surface area (Å²) in [6.07, 6.45) is 0.957. The largest absolute Gasteiger partial charge is 0.312 e. The maximum Gasteiger partial charge on any atom is 0.131 e. The molecule has 1 N–H and O–H groups in total. The summed E-state index contributed by atoms with van der Waals surface area (Å²) in [5.41, 5.74) is 2.05. The summed E-state index contributed by atoms with van der Waals surface area (Å²) in [6.45, 7) is 5.61. The third-order valence-electron chi connectivity index (χ3n) is 2.29. The first-order valence-corrected chi connectivity index (χ1v) is 5.86. The number of nitrogens with one attached hydrogen (secondary N) is 1. The molecule has 0 aliphatic rings. The lowest BCUT2D eigenvalue weighted by Gasteiger charge is -2.05. The molecule has 1 aromatic heterocycles. The van der Waals surface area contributed by atoms with Gasteiger partial charge in [-0.15, -0.1) is 11.6 Å². The molecular weight excluding hydrogens is 233 g/mol. The van der Waals surface area contributed by atoms with Crippen molar-refractivity contribution in [2.45, 2.75) is 32.2 Å². The number of rotatable bonds is 5. The number of aromatic nitrogens is 2. The third kappa shape index (κ3) is 3.67. The first kappa shape index (κ1) is 12.8. The second kappa shape index (κ2) is 5.73. The Bertz CT molecular complexity index is 321. The summed E-state index contributed by atoms with van der Waals surface area (Å²) in [7, 11) is 1.85. The van der Waals surface area contributed by atoms with Gasteiger partial charge < -0.3 is 5.32 Å². The van der Waals surface area contributed by atoms with Crippen LogP contribution in [-0.2, 0) is 13.6 Å². The maximum absolute atomic E-state index is 6.09. The van der Waals surface area contributed by atoms with Crippen molar-refractivity contribution in [1.82, 2.24) is 15.1 Å². The van der Waals surface area contributed by atoms with Crippen molar-refractivity contribution in [3.05, 3.63) is 16.4 Å². The molecule has 0 spiro atoms. The van der Waals surface area contributed by atoms with Crippen LogP contribution >= 0.6 is 23.2 Å².